The minimum atomic E-state index is -0.237. The molecule has 1 fully saturated rings. The van der Waals surface area contributed by atoms with Crippen LogP contribution in [-0.2, 0) is 6.54 Å². The smallest absolute Gasteiger partial charge is 0.274 e. The molecule has 0 atom stereocenters. The lowest BCUT2D eigenvalue weighted by atomic mass is 10.1. The summed E-state index contributed by atoms with van der Waals surface area (Å²) in [6.07, 6.45) is 0.842. The first-order valence-corrected chi connectivity index (χ1v) is 10.7. The molecule has 1 amide bonds. The van der Waals surface area contributed by atoms with Crippen LogP contribution in [0.25, 0.3) is 10.8 Å². The molecule has 0 spiro atoms. The molecule has 0 saturated carbocycles. The summed E-state index contributed by atoms with van der Waals surface area (Å²) in [6, 6.07) is 13.6. The van der Waals surface area contributed by atoms with Gasteiger partial charge in [-0.1, -0.05) is 30.3 Å². The number of halogens is 1. The van der Waals surface area contributed by atoms with Gasteiger partial charge in [0.05, 0.1) is 11.4 Å². The van der Waals surface area contributed by atoms with Crippen molar-refractivity contribution in [3.63, 3.8) is 0 Å². The highest BCUT2D eigenvalue weighted by Gasteiger charge is 2.25. The van der Waals surface area contributed by atoms with E-state index in [1.807, 2.05) is 30.9 Å². The molecule has 3 aromatic rings. The summed E-state index contributed by atoms with van der Waals surface area (Å²) in [6.45, 7) is 7.30. The van der Waals surface area contributed by atoms with E-state index in [1.54, 1.807) is 24.3 Å². The SMILES string of the molecule is CC(C)n1nc(C(=O)N2CCCN(Cc3ccc(F)cc3)CC2)c2ccccc2c1=O. The molecule has 0 unspecified atom stereocenters. The van der Waals surface area contributed by atoms with E-state index in [0.717, 1.165) is 31.6 Å². The van der Waals surface area contributed by atoms with Crippen molar-refractivity contribution in [1.29, 1.82) is 0 Å². The summed E-state index contributed by atoms with van der Waals surface area (Å²) in [4.78, 5) is 30.3. The molecule has 162 valence electrons. The second kappa shape index (κ2) is 8.98. The Balaban J connectivity index is 1.56. The number of nitrogens with zero attached hydrogens (tertiary/aromatic N) is 4. The predicted octanol–water partition coefficient (Wildman–Crippen LogP) is 3.46. The maximum Gasteiger partial charge on any atom is 0.274 e. The fourth-order valence-corrected chi connectivity index (χ4v) is 4.04. The topological polar surface area (TPSA) is 58.4 Å². The fourth-order valence-electron chi connectivity index (χ4n) is 4.04. The maximum atomic E-state index is 13.4. The molecule has 0 radical (unpaired) electrons. The lowest BCUT2D eigenvalue weighted by Gasteiger charge is -2.23. The van der Waals surface area contributed by atoms with Crippen LogP contribution in [0.5, 0.6) is 0 Å². The Morgan fingerprint density at radius 3 is 2.42 bits per heavy atom. The van der Waals surface area contributed by atoms with E-state index in [0.29, 0.717) is 29.6 Å². The van der Waals surface area contributed by atoms with E-state index >= 15 is 0 Å². The number of hydrogen-bond donors (Lipinski definition) is 0. The van der Waals surface area contributed by atoms with Gasteiger partial charge in [-0.15, -0.1) is 0 Å². The highest BCUT2D eigenvalue weighted by molar-refractivity contribution is 6.04. The Bertz CT molecular complexity index is 1140. The van der Waals surface area contributed by atoms with Gasteiger partial charge in [0.25, 0.3) is 11.5 Å². The van der Waals surface area contributed by atoms with Crippen molar-refractivity contribution in [2.24, 2.45) is 0 Å². The number of carbonyl (C=O) groups is 1. The molecule has 4 rings (SSSR count). The molecular formula is C24H27FN4O2. The van der Waals surface area contributed by atoms with Gasteiger partial charge in [0.1, 0.15) is 5.82 Å². The first-order valence-electron chi connectivity index (χ1n) is 10.7. The highest BCUT2D eigenvalue weighted by Crippen LogP contribution is 2.18. The van der Waals surface area contributed by atoms with Crippen LogP contribution < -0.4 is 5.56 Å². The molecule has 2 aromatic carbocycles. The van der Waals surface area contributed by atoms with Crippen molar-refractivity contribution in [2.75, 3.05) is 26.2 Å². The van der Waals surface area contributed by atoms with Gasteiger partial charge in [0.2, 0.25) is 0 Å². The molecule has 6 nitrogen and oxygen atoms in total. The van der Waals surface area contributed by atoms with Crippen LogP contribution in [0.4, 0.5) is 4.39 Å². The van der Waals surface area contributed by atoms with E-state index in [2.05, 4.69) is 10.00 Å². The average Bonchev–Trinajstić information content (AvgIpc) is 3.01. The van der Waals surface area contributed by atoms with Crippen LogP contribution in [-0.4, -0.2) is 51.7 Å². The lowest BCUT2D eigenvalue weighted by molar-refractivity contribution is 0.0754. The zero-order valence-corrected chi connectivity index (χ0v) is 17.9. The molecular weight excluding hydrogens is 395 g/mol. The molecule has 1 saturated heterocycles. The minimum absolute atomic E-state index is 0.140. The molecule has 1 aliphatic rings. The van der Waals surface area contributed by atoms with Gasteiger partial charge in [-0.2, -0.15) is 5.10 Å². The molecule has 1 aliphatic heterocycles. The maximum absolute atomic E-state index is 13.4. The summed E-state index contributed by atoms with van der Waals surface area (Å²) in [7, 11) is 0. The second-order valence-electron chi connectivity index (χ2n) is 8.29. The number of aromatic nitrogens is 2. The zero-order valence-electron chi connectivity index (χ0n) is 17.9. The molecule has 0 N–H and O–H groups in total. The van der Waals surface area contributed by atoms with Crippen LogP contribution in [0.1, 0.15) is 42.4 Å². The summed E-state index contributed by atoms with van der Waals surface area (Å²) >= 11 is 0. The molecule has 0 aliphatic carbocycles. The molecule has 2 heterocycles. The van der Waals surface area contributed by atoms with Gasteiger partial charge in [-0.05, 0) is 44.0 Å². The van der Waals surface area contributed by atoms with Crippen molar-refractivity contribution in [2.45, 2.75) is 32.9 Å². The van der Waals surface area contributed by atoms with Gasteiger partial charge in [0.15, 0.2) is 5.69 Å². The number of benzene rings is 2. The number of carbonyl (C=O) groups excluding carboxylic acids is 1. The Hall–Kier alpha value is -3.06. The zero-order chi connectivity index (χ0) is 22.0. The van der Waals surface area contributed by atoms with Crippen LogP contribution in [0, 0.1) is 5.82 Å². The largest absolute Gasteiger partial charge is 0.336 e. The molecule has 31 heavy (non-hydrogen) atoms. The Labute approximate surface area is 180 Å². The van der Waals surface area contributed by atoms with Gasteiger partial charge in [-0.25, -0.2) is 9.07 Å². The fraction of sp³-hybridized carbons (Fsp3) is 0.375. The van der Waals surface area contributed by atoms with Crippen LogP contribution in [0.3, 0.4) is 0 Å². The standard InChI is InChI=1S/C24H27FN4O2/c1-17(2)29-23(30)21-7-4-3-6-20(21)22(26-29)24(31)28-13-5-12-27(14-15-28)16-18-8-10-19(25)11-9-18/h3-4,6-11,17H,5,12-16H2,1-2H3. The van der Waals surface area contributed by atoms with Crippen molar-refractivity contribution in [3.8, 4) is 0 Å². The Morgan fingerprint density at radius 1 is 1.00 bits per heavy atom. The third-order valence-electron chi connectivity index (χ3n) is 5.72. The minimum Gasteiger partial charge on any atom is -0.336 e. The number of hydrogen-bond acceptors (Lipinski definition) is 4. The third kappa shape index (κ3) is 4.51. The van der Waals surface area contributed by atoms with Crippen LogP contribution in [0.2, 0.25) is 0 Å². The van der Waals surface area contributed by atoms with Crippen LogP contribution >= 0.6 is 0 Å². The van der Waals surface area contributed by atoms with E-state index in [4.69, 9.17) is 0 Å². The summed E-state index contributed by atoms with van der Waals surface area (Å²) in [5.41, 5.74) is 1.21. The van der Waals surface area contributed by atoms with Gasteiger partial charge in [-0.3, -0.25) is 14.5 Å². The molecule has 7 heteroatoms. The third-order valence-corrected chi connectivity index (χ3v) is 5.72. The normalized spacial score (nSPS) is 15.4. The van der Waals surface area contributed by atoms with Gasteiger partial charge >= 0.3 is 0 Å². The van der Waals surface area contributed by atoms with E-state index in [1.165, 1.54) is 16.8 Å². The predicted molar refractivity (Wildman–Crippen MR) is 119 cm³/mol. The summed E-state index contributed by atoms with van der Waals surface area (Å²) in [5.74, 6) is -0.381. The summed E-state index contributed by atoms with van der Waals surface area (Å²) < 4.78 is 14.6. The van der Waals surface area contributed by atoms with E-state index in [-0.39, 0.29) is 23.3 Å². The van der Waals surface area contributed by atoms with Crippen molar-refractivity contribution in [3.05, 3.63) is 76.0 Å². The van der Waals surface area contributed by atoms with Crippen LogP contribution in [0.15, 0.2) is 53.3 Å². The quantitative estimate of drug-likeness (QED) is 0.646. The first kappa shape index (κ1) is 21.2. The van der Waals surface area contributed by atoms with E-state index < -0.39 is 0 Å². The monoisotopic (exact) mass is 422 g/mol. The molecule has 0 bridgehead atoms. The van der Waals surface area contributed by atoms with Crippen molar-refractivity contribution < 1.29 is 9.18 Å². The highest BCUT2D eigenvalue weighted by atomic mass is 19.1. The van der Waals surface area contributed by atoms with Gasteiger partial charge < -0.3 is 4.90 Å². The summed E-state index contributed by atoms with van der Waals surface area (Å²) in [5, 5.41) is 5.58. The van der Waals surface area contributed by atoms with Crippen molar-refractivity contribution >= 4 is 16.7 Å². The number of rotatable bonds is 4. The second-order valence-corrected chi connectivity index (χ2v) is 8.29. The lowest BCUT2D eigenvalue weighted by Crippen LogP contribution is -2.37. The number of fused-ring (bicyclic) bond motifs is 1. The number of amides is 1. The Kier molecular flexibility index (Phi) is 6.13. The average molecular weight is 423 g/mol. The molecule has 1 aromatic heterocycles. The first-order chi connectivity index (χ1) is 14.9. The van der Waals surface area contributed by atoms with E-state index in [9.17, 15) is 14.0 Å². The van der Waals surface area contributed by atoms with Gasteiger partial charge in [0, 0.05) is 38.1 Å². The Morgan fingerprint density at radius 2 is 1.71 bits per heavy atom. The van der Waals surface area contributed by atoms with Crippen molar-refractivity contribution in [1.82, 2.24) is 19.6 Å².